The zero-order valence-corrected chi connectivity index (χ0v) is 5.44. The first kappa shape index (κ1) is 7.70. The van der Waals surface area contributed by atoms with Gasteiger partial charge < -0.3 is 5.11 Å². The van der Waals surface area contributed by atoms with Gasteiger partial charge in [-0.05, 0) is 6.07 Å². The third-order valence-electron chi connectivity index (χ3n) is 1.07. The second kappa shape index (κ2) is 3.13. The Morgan fingerprint density at radius 3 is 3.00 bits per heavy atom. The zero-order chi connectivity index (χ0) is 8.27. The molecule has 0 unspecified atom stereocenters. The summed E-state index contributed by atoms with van der Waals surface area (Å²) >= 11 is 0. The molecule has 0 saturated carbocycles. The van der Waals surface area contributed by atoms with Crippen molar-refractivity contribution in [2.45, 2.75) is 6.61 Å². The number of nitrogens with one attached hydrogen (secondary N) is 1. The molecule has 6 nitrogen and oxygen atoms in total. The van der Waals surface area contributed by atoms with E-state index in [1.54, 1.807) is 0 Å². The van der Waals surface area contributed by atoms with Crippen LogP contribution in [0.1, 0.15) is 16.2 Å². The minimum absolute atomic E-state index is 0.0969. The highest BCUT2D eigenvalue weighted by molar-refractivity contribution is 5.85. The molecule has 0 saturated heterocycles. The van der Waals surface area contributed by atoms with Crippen LogP contribution < -0.4 is 0 Å². The van der Waals surface area contributed by atoms with Crippen LogP contribution in [0.25, 0.3) is 0 Å². The molecule has 1 aromatic heterocycles. The normalized spacial score (nSPS) is 9.91. The molecular weight excluding hydrogens is 152 g/mol. The molecule has 11 heavy (non-hydrogen) atoms. The summed E-state index contributed by atoms with van der Waals surface area (Å²) in [4.78, 5) is 14.0. The number of rotatable bonds is 3. The van der Waals surface area contributed by atoms with Gasteiger partial charge in [0.05, 0.1) is 5.69 Å². The first-order valence-electron chi connectivity index (χ1n) is 2.78. The van der Waals surface area contributed by atoms with Crippen molar-refractivity contribution in [3.8, 4) is 0 Å². The first-order chi connectivity index (χ1) is 5.24. The maximum absolute atomic E-state index is 10.2. The Balaban J connectivity index is 2.73. The molecule has 0 bridgehead atoms. The van der Waals surface area contributed by atoms with Crippen molar-refractivity contribution in [2.24, 2.45) is 0 Å². The molecule has 0 aliphatic carbocycles. The summed E-state index contributed by atoms with van der Waals surface area (Å²) in [7, 11) is 0. The average Bonchev–Trinajstić information content (AvgIpc) is 2.37. The smallest absolute Gasteiger partial charge is 0.356 e. The van der Waals surface area contributed by atoms with Gasteiger partial charge in [0.15, 0.2) is 5.69 Å². The largest absolute Gasteiger partial charge is 0.476 e. The number of hydrogen-bond donors (Lipinski definition) is 3. The second-order valence-electron chi connectivity index (χ2n) is 1.86. The van der Waals surface area contributed by atoms with Crippen LogP contribution in [-0.4, -0.2) is 26.5 Å². The highest BCUT2D eigenvalue weighted by Gasteiger charge is 2.07. The lowest BCUT2D eigenvalue weighted by Crippen LogP contribution is -1.95. The Morgan fingerprint density at radius 1 is 1.82 bits per heavy atom. The molecule has 1 rings (SSSR count). The van der Waals surface area contributed by atoms with Crippen LogP contribution in [0.4, 0.5) is 0 Å². The van der Waals surface area contributed by atoms with E-state index in [0.29, 0.717) is 5.69 Å². The summed E-state index contributed by atoms with van der Waals surface area (Å²) in [6.07, 6.45) is 0. The van der Waals surface area contributed by atoms with Crippen LogP contribution in [0, 0.1) is 0 Å². The SMILES string of the molecule is O=C(O)c1cc(COO)[nH]n1. The minimum atomic E-state index is -1.12. The molecule has 0 amide bonds. The number of nitrogens with zero attached hydrogens (tertiary/aromatic N) is 1. The molecule has 0 fully saturated rings. The molecule has 0 aliphatic rings. The van der Waals surface area contributed by atoms with E-state index in [1.165, 1.54) is 6.07 Å². The lowest BCUT2D eigenvalue weighted by molar-refractivity contribution is -0.253. The van der Waals surface area contributed by atoms with Crippen molar-refractivity contribution in [1.82, 2.24) is 10.2 Å². The van der Waals surface area contributed by atoms with Gasteiger partial charge in [-0.3, -0.25) is 10.4 Å². The van der Waals surface area contributed by atoms with Gasteiger partial charge >= 0.3 is 5.97 Å². The van der Waals surface area contributed by atoms with Crippen LogP contribution >= 0.6 is 0 Å². The molecular formula is C5H6N2O4. The van der Waals surface area contributed by atoms with Crippen molar-refractivity contribution in [1.29, 1.82) is 0 Å². The van der Waals surface area contributed by atoms with Gasteiger partial charge in [0.25, 0.3) is 0 Å². The topological polar surface area (TPSA) is 95.4 Å². The summed E-state index contributed by atoms with van der Waals surface area (Å²) in [6, 6.07) is 1.28. The quantitative estimate of drug-likeness (QED) is 0.428. The van der Waals surface area contributed by atoms with E-state index in [2.05, 4.69) is 15.1 Å². The predicted molar refractivity (Wildman–Crippen MR) is 33.0 cm³/mol. The van der Waals surface area contributed by atoms with E-state index >= 15 is 0 Å². The number of aromatic nitrogens is 2. The molecule has 60 valence electrons. The summed E-state index contributed by atoms with van der Waals surface area (Å²) in [6.45, 7) is -0.0969. The van der Waals surface area contributed by atoms with Gasteiger partial charge in [0.1, 0.15) is 6.61 Å². The van der Waals surface area contributed by atoms with Gasteiger partial charge in [-0.1, -0.05) is 0 Å². The number of aromatic carboxylic acids is 1. The molecule has 0 atom stereocenters. The Labute approximate surface area is 61.4 Å². The van der Waals surface area contributed by atoms with Crippen molar-refractivity contribution in [3.63, 3.8) is 0 Å². The maximum Gasteiger partial charge on any atom is 0.356 e. The molecule has 3 N–H and O–H groups in total. The van der Waals surface area contributed by atoms with Gasteiger partial charge in [0, 0.05) is 0 Å². The van der Waals surface area contributed by atoms with Crippen molar-refractivity contribution < 1.29 is 20.0 Å². The minimum Gasteiger partial charge on any atom is -0.476 e. The molecule has 1 heterocycles. The maximum atomic E-state index is 10.2. The molecule has 0 radical (unpaired) electrons. The fraction of sp³-hybridized carbons (Fsp3) is 0.200. The Bertz CT molecular complexity index is 257. The van der Waals surface area contributed by atoms with Crippen molar-refractivity contribution in [3.05, 3.63) is 17.5 Å². The molecule has 0 spiro atoms. The zero-order valence-electron chi connectivity index (χ0n) is 5.44. The third kappa shape index (κ3) is 1.76. The Morgan fingerprint density at radius 2 is 2.55 bits per heavy atom. The summed E-state index contributed by atoms with van der Waals surface area (Å²) in [5, 5.41) is 22.1. The van der Waals surface area contributed by atoms with Crippen LogP contribution in [0.3, 0.4) is 0 Å². The van der Waals surface area contributed by atoms with E-state index in [4.69, 9.17) is 10.4 Å². The molecule has 6 heteroatoms. The van der Waals surface area contributed by atoms with Gasteiger partial charge in [-0.25, -0.2) is 9.68 Å². The first-order valence-corrected chi connectivity index (χ1v) is 2.78. The highest BCUT2D eigenvalue weighted by atomic mass is 17.1. The van der Waals surface area contributed by atoms with Crippen LogP contribution in [0.5, 0.6) is 0 Å². The van der Waals surface area contributed by atoms with E-state index in [0.717, 1.165) is 0 Å². The predicted octanol–water partition coefficient (Wildman–Crippen LogP) is 0.0975. The van der Waals surface area contributed by atoms with Crippen molar-refractivity contribution in [2.75, 3.05) is 0 Å². The third-order valence-corrected chi connectivity index (χ3v) is 1.07. The molecule has 0 aromatic carbocycles. The highest BCUT2D eigenvalue weighted by Crippen LogP contribution is 1.99. The van der Waals surface area contributed by atoms with E-state index in [-0.39, 0.29) is 12.3 Å². The number of carboxylic acid groups (broad SMARTS) is 1. The van der Waals surface area contributed by atoms with E-state index < -0.39 is 5.97 Å². The average molecular weight is 158 g/mol. The van der Waals surface area contributed by atoms with Crippen molar-refractivity contribution >= 4 is 5.97 Å². The number of H-pyrrole nitrogens is 1. The lowest BCUT2D eigenvalue weighted by Gasteiger charge is -1.87. The Kier molecular flexibility index (Phi) is 2.19. The van der Waals surface area contributed by atoms with Crippen LogP contribution in [0.2, 0.25) is 0 Å². The van der Waals surface area contributed by atoms with Crippen LogP contribution in [0.15, 0.2) is 6.07 Å². The van der Waals surface area contributed by atoms with Gasteiger partial charge in [-0.15, -0.1) is 0 Å². The number of carbonyl (C=O) groups is 1. The number of hydrogen-bond acceptors (Lipinski definition) is 4. The van der Waals surface area contributed by atoms with Crippen LogP contribution in [-0.2, 0) is 11.5 Å². The Hall–Kier alpha value is -1.40. The fourth-order valence-electron chi connectivity index (χ4n) is 0.615. The fourth-order valence-corrected chi connectivity index (χ4v) is 0.615. The molecule has 0 aliphatic heterocycles. The standard InChI is InChI=1S/C5H6N2O4/c8-5(9)4-1-3(2-11-10)6-7-4/h1,10H,2H2,(H,6,7)(H,8,9). The van der Waals surface area contributed by atoms with Gasteiger partial charge in [-0.2, -0.15) is 5.10 Å². The van der Waals surface area contributed by atoms with E-state index in [1.807, 2.05) is 0 Å². The summed E-state index contributed by atoms with van der Waals surface area (Å²) in [5.41, 5.74) is 0.307. The number of aromatic amines is 1. The number of carboxylic acids is 1. The molecule has 1 aromatic rings. The summed E-state index contributed by atoms with van der Waals surface area (Å²) in [5.74, 6) is -1.12. The second-order valence-corrected chi connectivity index (χ2v) is 1.86. The summed E-state index contributed by atoms with van der Waals surface area (Å²) < 4.78 is 0. The lowest BCUT2D eigenvalue weighted by atomic mass is 10.4. The van der Waals surface area contributed by atoms with Gasteiger partial charge in [0.2, 0.25) is 0 Å². The monoisotopic (exact) mass is 158 g/mol. The van der Waals surface area contributed by atoms with E-state index in [9.17, 15) is 4.79 Å².